The van der Waals surface area contributed by atoms with Crippen LogP contribution in [0.5, 0.6) is 0 Å². The highest BCUT2D eigenvalue weighted by Crippen LogP contribution is 2.15. The summed E-state index contributed by atoms with van der Waals surface area (Å²) in [6, 6.07) is 5.02. The third kappa shape index (κ3) is 4.25. The Bertz CT molecular complexity index is 761. The van der Waals surface area contributed by atoms with Crippen molar-refractivity contribution >= 4 is 27.3 Å². The number of carbonyl (C=O) groups excluding carboxylic acids is 1. The van der Waals surface area contributed by atoms with Gasteiger partial charge >= 0.3 is 5.22 Å². The van der Waals surface area contributed by atoms with Crippen molar-refractivity contribution in [1.29, 1.82) is 0 Å². The zero-order valence-electron chi connectivity index (χ0n) is 11.1. The van der Waals surface area contributed by atoms with E-state index in [4.69, 9.17) is 16.0 Å². The van der Waals surface area contributed by atoms with Crippen LogP contribution in [-0.4, -0.2) is 30.4 Å². The van der Waals surface area contributed by atoms with Crippen LogP contribution in [0, 0.1) is 5.82 Å². The van der Waals surface area contributed by atoms with Crippen molar-refractivity contribution in [2.24, 2.45) is 0 Å². The maximum atomic E-state index is 12.8. The maximum Gasteiger partial charge on any atom is 0.335 e. The summed E-state index contributed by atoms with van der Waals surface area (Å²) < 4.78 is 42.0. The van der Waals surface area contributed by atoms with Crippen molar-refractivity contribution in [2.75, 3.05) is 5.88 Å². The molecule has 1 N–H and O–H groups in total. The number of aromatic nitrogens is 2. The molecule has 0 unspecified atom stereocenters. The predicted molar refractivity (Wildman–Crippen MR) is 74.2 cm³/mol. The Labute approximate surface area is 130 Å². The molecule has 0 aliphatic carbocycles. The average molecular weight is 348 g/mol. The van der Waals surface area contributed by atoms with Gasteiger partial charge in [0.05, 0.1) is 12.3 Å². The normalized spacial score (nSPS) is 11.4. The van der Waals surface area contributed by atoms with Gasteiger partial charge in [-0.1, -0.05) is 17.2 Å². The molecular formula is C12H11ClFN3O4S. The fourth-order valence-corrected chi connectivity index (χ4v) is 2.76. The zero-order chi connectivity index (χ0) is 16.2. The van der Waals surface area contributed by atoms with Gasteiger partial charge in [0.25, 0.3) is 0 Å². The lowest BCUT2D eigenvalue weighted by Crippen LogP contribution is -2.23. The average Bonchev–Trinajstić information content (AvgIpc) is 2.97. The predicted octanol–water partition coefficient (Wildman–Crippen LogP) is 1.04. The molecule has 1 amide bonds. The lowest BCUT2D eigenvalue weighted by atomic mass is 10.2. The Hall–Kier alpha value is -2.00. The van der Waals surface area contributed by atoms with E-state index in [2.05, 4.69) is 15.5 Å². The molecule has 0 radical (unpaired) electrons. The number of halogens is 2. The summed E-state index contributed by atoms with van der Waals surface area (Å²) in [5, 5.41) is 8.78. The number of nitrogens with zero attached hydrogens (tertiary/aromatic N) is 2. The lowest BCUT2D eigenvalue weighted by molar-refractivity contribution is -0.118. The summed E-state index contributed by atoms with van der Waals surface area (Å²) >= 11 is 5.30. The largest absolute Gasteiger partial charge is 0.411 e. The molecule has 0 fully saturated rings. The molecule has 0 aliphatic heterocycles. The Morgan fingerprint density at radius 1 is 1.27 bits per heavy atom. The number of amides is 1. The van der Waals surface area contributed by atoms with E-state index in [0.29, 0.717) is 5.56 Å². The molecule has 1 heterocycles. The Balaban J connectivity index is 2.08. The van der Waals surface area contributed by atoms with Crippen molar-refractivity contribution in [1.82, 2.24) is 15.5 Å². The second-order valence-corrected chi connectivity index (χ2v) is 6.39. The number of sulfone groups is 1. The van der Waals surface area contributed by atoms with Gasteiger partial charge in [0, 0.05) is 0 Å². The molecule has 10 heteroatoms. The summed E-state index contributed by atoms with van der Waals surface area (Å²) in [5.41, 5.74) is 0.386. The van der Waals surface area contributed by atoms with Crippen LogP contribution in [0.4, 0.5) is 4.39 Å². The number of rotatable bonds is 6. The lowest BCUT2D eigenvalue weighted by Gasteiger charge is -2.00. The van der Waals surface area contributed by atoms with E-state index >= 15 is 0 Å². The minimum absolute atomic E-state index is 0.0591. The van der Waals surface area contributed by atoms with Crippen LogP contribution >= 0.6 is 11.6 Å². The molecule has 0 aliphatic rings. The first-order chi connectivity index (χ1) is 10.4. The summed E-state index contributed by atoms with van der Waals surface area (Å²) in [4.78, 5) is 11.0. The highest BCUT2D eigenvalue weighted by Gasteiger charge is 2.23. The Morgan fingerprint density at radius 2 is 1.95 bits per heavy atom. The van der Waals surface area contributed by atoms with E-state index in [1.165, 1.54) is 12.1 Å². The standard InChI is InChI=1S/C12H11ClFN3O4S/c13-5-10(18)15-6-11-16-17-12(21-11)22(19,20)7-8-1-3-9(14)4-2-8/h1-4H,5-7H2,(H,15,18). The monoisotopic (exact) mass is 347 g/mol. The zero-order valence-corrected chi connectivity index (χ0v) is 12.7. The van der Waals surface area contributed by atoms with Crippen LogP contribution in [0.15, 0.2) is 33.9 Å². The Morgan fingerprint density at radius 3 is 2.59 bits per heavy atom. The molecule has 0 saturated heterocycles. The molecular weight excluding hydrogens is 337 g/mol. The first kappa shape index (κ1) is 16.4. The minimum Gasteiger partial charge on any atom is -0.411 e. The van der Waals surface area contributed by atoms with Crippen LogP contribution < -0.4 is 5.32 Å². The fourth-order valence-electron chi connectivity index (χ4n) is 1.52. The van der Waals surface area contributed by atoms with Gasteiger partial charge in [0.2, 0.25) is 21.6 Å². The highest BCUT2D eigenvalue weighted by molar-refractivity contribution is 7.90. The van der Waals surface area contributed by atoms with Crippen molar-refractivity contribution in [2.45, 2.75) is 17.5 Å². The van der Waals surface area contributed by atoms with Gasteiger partial charge in [-0.25, -0.2) is 12.8 Å². The molecule has 1 aromatic carbocycles. The molecule has 2 aromatic rings. The number of benzene rings is 1. The van der Waals surface area contributed by atoms with Crippen LogP contribution in [-0.2, 0) is 26.9 Å². The molecule has 118 valence electrons. The molecule has 22 heavy (non-hydrogen) atoms. The molecule has 0 atom stereocenters. The molecule has 0 bridgehead atoms. The van der Waals surface area contributed by atoms with Crippen LogP contribution in [0.1, 0.15) is 11.5 Å². The molecule has 7 nitrogen and oxygen atoms in total. The van der Waals surface area contributed by atoms with Gasteiger partial charge < -0.3 is 9.73 Å². The van der Waals surface area contributed by atoms with Crippen LogP contribution in [0.3, 0.4) is 0 Å². The first-order valence-corrected chi connectivity index (χ1v) is 8.21. The van der Waals surface area contributed by atoms with Crippen molar-refractivity contribution in [3.63, 3.8) is 0 Å². The minimum atomic E-state index is -3.85. The van der Waals surface area contributed by atoms with Crippen LogP contribution in [0.25, 0.3) is 0 Å². The number of alkyl halides is 1. The second-order valence-electron chi connectivity index (χ2n) is 4.26. The van der Waals surface area contributed by atoms with E-state index in [1.807, 2.05) is 0 Å². The Kier molecular flexibility index (Phi) is 5.09. The third-order valence-corrected chi connectivity index (χ3v) is 4.20. The first-order valence-electron chi connectivity index (χ1n) is 6.03. The number of hydrogen-bond acceptors (Lipinski definition) is 6. The SMILES string of the molecule is O=C(CCl)NCc1nnc(S(=O)(=O)Cc2ccc(F)cc2)o1. The van der Waals surface area contributed by atoms with E-state index in [-0.39, 0.29) is 18.3 Å². The third-order valence-electron chi connectivity index (χ3n) is 2.54. The van der Waals surface area contributed by atoms with E-state index in [1.54, 1.807) is 0 Å². The van der Waals surface area contributed by atoms with Gasteiger partial charge in [-0.3, -0.25) is 4.79 Å². The number of carbonyl (C=O) groups is 1. The van der Waals surface area contributed by atoms with E-state index in [0.717, 1.165) is 12.1 Å². The van der Waals surface area contributed by atoms with Gasteiger partial charge in [-0.15, -0.1) is 16.7 Å². The molecule has 0 spiro atoms. The summed E-state index contributed by atoms with van der Waals surface area (Å²) in [7, 11) is -3.85. The summed E-state index contributed by atoms with van der Waals surface area (Å²) in [6.45, 7) is -0.120. The topological polar surface area (TPSA) is 102 Å². The van der Waals surface area contributed by atoms with Crippen molar-refractivity contribution in [3.8, 4) is 0 Å². The number of hydrogen-bond donors (Lipinski definition) is 1. The fraction of sp³-hybridized carbons (Fsp3) is 0.250. The second kappa shape index (κ2) is 6.84. The van der Waals surface area contributed by atoms with Gasteiger partial charge in [0.15, 0.2) is 0 Å². The van der Waals surface area contributed by atoms with Gasteiger partial charge in [0.1, 0.15) is 11.7 Å². The van der Waals surface area contributed by atoms with Crippen molar-refractivity contribution in [3.05, 3.63) is 41.5 Å². The summed E-state index contributed by atoms with van der Waals surface area (Å²) in [6.07, 6.45) is 0. The molecule has 2 rings (SSSR count). The highest BCUT2D eigenvalue weighted by atomic mass is 35.5. The number of nitrogens with one attached hydrogen (secondary N) is 1. The van der Waals surface area contributed by atoms with Gasteiger partial charge in [-0.2, -0.15) is 0 Å². The van der Waals surface area contributed by atoms with Crippen molar-refractivity contribution < 1.29 is 22.0 Å². The van der Waals surface area contributed by atoms with Crippen LogP contribution in [0.2, 0.25) is 0 Å². The smallest absolute Gasteiger partial charge is 0.335 e. The molecule has 1 aromatic heterocycles. The van der Waals surface area contributed by atoms with E-state index < -0.39 is 32.5 Å². The maximum absolute atomic E-state index is 12.8. The summed E-state index contributed by atoms with van der Waals surface area (Å²) in [5.74, 6) is -1.60. The molecule has 0 saturated carbocycles. The van der Waals surface area contributed by atoms with E-state index in [9.17, 15) is 17.6 Å². The quantitative estimate of drug-likeness (QED) is 0.783. The van der Waals surface area contributed by atoms with Gasteiger partial charge in [-0.05, 0) is 17.7 Å².